The number of aryl methyl sites for hydroxylation is 1. The first-order valence-electron chi connectivity index (χ1n) is 5.35. The van der Waals surface area contributed by atoms with Crippen molar-refractivity contribution in [2.75, 3.05) is 18.9 Å². The van der Waals surface area contributed by atoms with Gasteiger partial charge in [0.1, 0.15) is 6.04 Å². The monoisotopic (exact) mass is 238 g/mol. The Hall–Kier alpha value is -1.22. The maximum absolute atomic E-state index is 11.7. The molecule has 1 atom stereocenters. The van der Waals surface area contributed by atoms with E-state index in [1.807, 2.05) is 32.2 Å². The standard InChI is InChI=1S/C12H15ClN2O/c1-8-3-4-10(9(13)7-8)14-11-5-6-15(2)12(11)16/h3-4,7,11,14H,5-6H2,1-2H3. The highest BCUT2D eigenvalue weighted by Crippen LogP contribution is 2.25. The first-order valence-corrected chi connectivity index (χ1v) is 5.73. The van der Waals surface area contributed by atoms with Gasteiger partial charge in [0.05, 0.1) is 10.7 Å². The van der Waals surface area contributed by atoms with Gasteiger partial charge < -0.3 is 10.2 Å². The first-order chi connectivity index (χ1) is 7.58. The van der Waals surface area contributed by atoms with Crippen LogP contribution in [0.2, 0.25) is 5.02 Å². The fourth-order valence-corrected chi connectivity index (χ4v) is 2.17. The predicted octanol–water partition coefficient (Wildman–Crippen LogP) is 2.29. The Bertz CT molecular complexity index is 419. The highest BCUT2D eigenvalue weighted by molar-refractivity contribution is 6.33. The van der Waals surface area contributed by atoms with Crippen LogP contribution in [0.1, 0.15) is 12.0 Å². The Labute approximate surface area is 100 Å². The molecule has 4 heteroatoms. The van der Waals surface area contributed by atoms with Gasteiger partial charge in [-0.3, -0.25) is 4.79 Å². The number of benzene rings is 1. The van der Waals surface area contributed by atoms with Crippen molar-refractivity contribution in [1.82, 2.24) is 4.90 Å². The van der Waals surface area contributed by atoms with E-state index in [4.69, 9.17) is 11.6 Å². The number of hydrogen-bond donors (Lipinski definition) is 1. The second kappa shape index (κ2) is 4.34. The summed E-state index contributed by atoms with van der Waals surface area (Å²) in [4.78, 5) is 13.4. The topological polar surface area (TPSA) is 32.3 Å². The summed E-state index contributed by atoms with van der Waals surface area (Å²) in [6.45, 7) is 2.80. The molecule has 0 aromatic heterocycles. The van der Waals surface area contributed by atoms with Crippen LogP contribution in [-0.2, 0) is 4.79 Å². The second-order valence-electron chi connectivity index (χ2n) is 4.23. The molecular weight excluding hydrogens is 224 g/mol. The molecule has 86 valence electrons. The van der Waals surface area contributed by atoms with Crippen LogP contribution in [-0.4, -0.2) is 30.4 Å². The van der Waals surface area contributed by atoms with Gasteiger partial charge in [0, 0.05) is 13.6 Å². The van der Waals surface area contributed by atoms with Gasteiger partial charge in [0.2, 0.25) is 5.91 Å². The number of nitrogens with zero attached hydrogens (tertiary/aromatic N) is 1. The van der Waals surface area contributed by atoms with E-state index in [0.29, 0.717) is 5.02 Å². The Morgan fingerprint density at radius 2 is 2.25 bits per heavy atom. The fourth-order valence-electron chi connectivity index (χ4n) is 1.88. The van der Waals surface area contributed by atoms with Crippen molar-refractivity contribution < 1.29 is 4.79 Å². The number of anilines is 1. The Balaban J connectivity index is 2.12. The third kappa shape index (κ3) is 2.14. The van der Waals surface area contributed by atoms with E-state index < -0.39 is 0 Å². The molecule has 1 unspecified atom stereocenters. The summed E-state index contributed by atoms with van der Waals surface area (Å²) >= 11 is 6.10. The summed E-state index contributed by atoms with van der Waals surface area (Å²) in [6, 6.07) is 5.67. The molecule has 16 heavy (non-hydrogen) atoms. The lowest BCUT2D eigenvalue weighted by atomic mass is 10.2. The van der Waals surface area contributed by atoms with Crippen LogP contribution in [0.3, 0.4) is 0 Å². The molecule has 1 aliphatic heterocycles. The highest BCUT2D eigenvalue weighted by atomic mass is 35.5. The number of carbonyl (C=O) groups excluding carboxylic acids is 1. The SMILES string of the molecule is Cc1ccc(NC2CCN(C)C2=O)c(Cl)c1. The van der Waals surface area contributed by atoms with Crippen molar-refractivity contribution in [1.29, 1.82) is 0 Å². The summed E-state index contributed by atoms with van der Waals surface area (Å²) in [7, 11) is 1.82. The molecule has 1 heterocycles. The van der Waals surface area contributed by atoms with E-state index in [0.717, 1.165) is 24.2 Å². The van der Waals surface area contributed by atoms with Crippen molar-refractivity contribution in [3.63, 3.8) is 0 Å². The summed E-state index contributed by atoms with van der Waals surface area (Å²) in [6.07, 6.45) is 0.833. The average molecular weight is 239 g/mol. The normalized spacial score (nSPS) is 20.3. The van der Waals surface area contributed by atoms with Crippen molar-refractivity contribution >= 4 is 23.2 Å². The van der Waals surface area contributed by atoms with Gasteiger partial charge in [-0.2, -0.15) is 0 Å². The molecule has 3 nitrogen and oxygen atoms in total. The van der Waals surface area contributed by atoms with E-state index in [1.54, 1.807) is 4.90 Å². The van der Waals surface area contributed by atoms with E-state index >= 15 is 0 Å². The number of carbonyl (C=O) groups is 1. The minimum Gasteiger partial charge on any atom is -0.372 e. The van der Waals surface area contributed by atoms with Gasteiger partial charge in [0.25, 0.3) is 0 Å². The van der Waals surface area contributed by atoms with Crippen LogP contribution >= 0.6 is 11.6 Å². The Kier molecular flexibility index (Phi) is 3.06. The maximum atomic E-state index is 11.7. The zero-order valence-electron chi connectivity index (χ0n) is 9.46. The third-order valence-corrected chi connectivity index (χ3v) is 3.19. The summed E-state index contributed by atoms with van der Waals surface area (Å²) in [5, 5.41) is 3.86. The zero-order chi connectivity index (χ0) is 11.7. The predicted molar refractivity (Wildman–Crippen MR) is 65.9 cm³/mol. The van der Waals surface area contributed by atoms with Crippen LogP contribution < -0.4 is 5.32 Å². The van der Waals surface area contributed by atoms with Crippen LogP contribution in [0.4, 0.5) is 5.69 Å². The molecule has 0 bridgehead atoms. The number of amides is 1. The molecule has 0 spiro atoms. The lowest BCUT2D eigenvalue weighted by molar-refractivity contribution is -0.127. The summed E-state index contributed by atoms with van der Waals surface area (Å²) in [5.74, 6) is 0.136. The number of rotatable bonds is 2. The van der Waals surface area contributed by atoms with E-state index in [2.05, 4.69) is 5.32 Å². The Morgan fingerprint density at radius 1 is 1.50 bits per heavy atom. The van der Waals surface area contributed by atoms with Crippen molar-refractivity contribution in [3.8, 4) is 0 Å². The van der Waals surface area contributed by atoms with E-state index in [9.17, 15) is 4.79 Å². The smallest absolute Gasteiger partial charge is 0.244 e. The van der Waals surface area contributed by atoms with Crippen LogP contribution in [0.15, 0.2) is 18.2 Å². The minimum atomic E-state index is -0.134. The molecule has 1 aromatic carbocycles. The average Bonchev–Trinajstić information content (AvgIpc) is 2.54. The number of likely N-dealkylation sites (tertiary alicyclic amines) is 1. The highest BCUT2D eigenvalue weighted by Gasteiger charge is 2.28. The molecule has 0 saturated carbocycles. The van der Waals surface area contributed by atoms with Gasteiger partial charge in [-0.1, -0.05) is 17.7 Å². The molecule has 1 aliphatic rings. The van der Waals surface area contributed by atoms with Crippen LogP contribution in [0, 0.1) is 6.92 Å². The van der Waals surface area contributed by atoms with Crippen molar-refractivity contribution in [3.05, 3.63) is 28.8 Å². The minimum absolute atomic E-state index is 0.134. The molecule has 0 aliphatic carbocycles. The second-order valence-corrected chi connectivity index (χ2v) is 4.64. The lowest BCUT2D eigenvalue weighted by Gasteiger charge is -2.14. The molecule has 1 saturated heterocycles. The molecule has 0 radical (unpaired) electrons. The Morgan fingerprint density at radius 3 is 2.81 bits per heavy atom. The summed E-state index contributed by atoms with van der Waals surface area (Å²) in [5.41, 5.74) is 1.95. The lowest BCUT2D eigenvalue weighted by Crippen LogP contribution is -2.31. The van der Waals surface area contributed by atoms with Crippen molar-refractivity contribution in [2.45, 2.75) is 19.4 Å². The molecule has 2 rings (SSSR count). The molecule has 1 aromatic rings. The van der Waals surface area contributed by atoms with Crippen molar-refractivity contribution in [2.24, 2.45) is 0 Å². The third-order valence-electron chi connectivity index (χ3n) is 2.88. The molecule has 1 amide bonds. The van der Waals surface area contributed by atoms with Crippen LogP contribution in [0.25, 0.3) is 0 Å². The van der Waals surface area contributed by atoms with Gasteiger partial charge in [-0.25, -0.2) is 0 Å². The van der Waals surface area contributed by atoms with Gasteiger partial charge in [0.15, 0.2) is 0 Å². The van der Waals surface area contributed by atoms with Gasteiger partial charge in [-0.15, -0.1) is 0 Å². The zero-order valence-corrected chi connectivity index (χ0v) is 10.2. The largest absolute Gasteiger partial charge is 0.372 e. The molecular formula is C12H15ClN2O. The maximum Gasteiger partial charge on any atom is 0.244 e. The molecule has 1 N–H and O–H groups in total. The number of likely N-dealkylation sites (N-methyl/N-ethyl adjacent to an activating group) is 1. The van der Waals surface area contributed by atoms with E-state index in [1.165, 1.54) is 0 Å². The van der Waals surface area contributed by atoms with Gasteiger partial charge in [-0.05, 0) is 31.0 Å². The fraction of sp³-hybridized carbons (Fsp3) is 0.417. The number of halogens is 1. The van der Waals surface area contributed by atoms with Crippen LogP contribution in [0.5, 0.6) is 0 Å². The number of nitrogens with one attached hydrogen (secondary N) is 1. The first kappa shape index (κ1) is 11.3. The quantitative estimate of drug-likeness (QED) is 0.858. The molecule has 1 fully saturated rings. The summed E-state index contributed by atoms with van der Waals surface area (Å²) < 4.78 is 0. The number of hydrogen-bond acceptors (Lipinski definition) is 2. The van der Waals surface area contributed by atoms with Gasteiger partial charge >= 0.3 is 0 Å². The van der Waals surface area contributed by atoms with E-state index in [-0.39, 0.29) is 11.9 Å².